The number of aromatic nitrogens is 2. The molecule has 1 N–H and O–H groups in total. The zero-order chi connectivity index (χ0) is 29.5. The lowest BCUT2D eigenvalue weighted by molar-refractivity contribution is -0.135. The number of carboxylic acid groups (broad SMARTS) is 1. The SMILES string of the molecule is Cc1ccc(-c2ccc3cc(-c4c(C5CCCCC5)c5ccc(C(=O)O)cc5n4CC(=O)N4CCOCC4)ccc3n2)o1. The maximum absolute atomic E-state index is 13.7. The molecule has 43 heavy (non-hydrogen) atoms. The monoisotopic (exact) mass is 577 g/mol. The van der Waals surface area contributed by atoms with Crippen LogP contribution in [0, 0.1) is 6.92 Å². The Bertz CT molecular complexity index is 1840. The van der Waals surface area contributed by atoms with E-state index in [0.29, 0.717) is 32.2 Å². The quantitative estimate of drug-likeness (QED) is 0.233. The van der Waals surface area contributed by atoms with Crippen molar-refractivity contribution in [2.75, 3.05) is 26.3 Å². The molecular formula is C35H35N3O5. The number of morpholine rings is 1. The van der Waals surface area contributed by atoms with Gasteiger partial charge in [-0.05, 0) is 79.3 Å². The van der Waals surface area contributed by atoms with Crippen LogP contribution in [0.4, 0.5) is 0 Å². The predicted molar refractivity (Wildman–Crippen MR) is 165 cm³/mol. The minimum absolute atomic E-state index is 0.0122. The Balaban J connectivity index is 1.41. The van der Waals surface area contributed by atoms with Crippen LogP contribution in [0.15, 0.2) is 65.1 Å². The summed E-state index contributed by atoms with van der Waals surface area (Å²) in [7, 11) is 0. The topological polar surface area (TPSA) is 97.8 Å². The molecule has 5 aromatic rings. The number of carbonyl (C=O) groups is 2. The van der Waals surface area contributed by atoms with Crippen molar-refractivity contribution in [2.24, 2.45) is 0 Å². The number of furan rings is 1. The van der Waals surface area contributed by atoms with Crippen LogP contribution in [0.25, 0.3) is 44.5 Å². The van der Waals surface area contributed by atoms with Crippen molar-refractivity contribution in [3.05, 3.63) is 77.6 Å². The molecule has 1 saturated carbocycles. The number of fused-ring (bicyclic) bond motifs is 2. The Morgan fingerprint density at radius 2 is 1.77 bits per heavy atom. The highest BCUT2D eigenvalue weighted by Gasteiger charge is 2.29. The summed E-state index contributed by atoms with van der Waals surface area (Å²) in [6.07, 6.45) is 5.69. The Morgan fingerprint density at radius 3 is 2.51 bits per heavy atom. The lowest BCUT2D eigenvalue weighted by Gasteiger charge is -2.28. The van der Waals surface area contributed by atoms with Crippen LogP contribution < -0.4 is 0 Å². The first-order chi connectivity index (χ1) is 21.0. The maximum atomic E-state index is 13.7. The largest absolute Gasteiger partial charge is 0.478 e. The van der Waals surface area contributed by atoms with E-state index in [1.54, 1.807) is 12.1 Å². The Hall–Kier alpha value is -4.43. The van der Waals surface area contributed by atoms with Gasteiger partial charge in [-0.15, -0.1) is 0 Å². The number of hydrogen-bond donors (Lipinski definition) is 1. The molecule has 0 bridgehead atoms. The van der Waals surface area contributed by atoms with Crippen LogP contribution in [0.1, 0.15) is 59.7 Å². The van der Waals surface area contributed by atoms with Gasteiger partial charge in [0.25, 0.3) is 0 Å². The van der Waals surface area contributed by atoms with Crippen LogP contribution in [0.3, 0.4) is 0 Å². The molecule has 2 aromatic carbocycles. The molecule has 2 fully saturated rings. The van der Waals surface area contributed by atoms with E-state index >= 15 is 0 Å². The Labute approximate surface area is 249 Å². The number of ether oxygens (including phenoxy) is 1. The zero-order valence-electron chi connectivity index (χ0n) is 24.3. The van der Waals surface area contributed by atoms with Crippen LogP contribution in [-0.4, -0.2) is 57.7 Å². The van der Waals surface area contributed by atoms with Crippen LogP contribution in [0.2, 0.25) is 0 Å². The summed E-state index contributed by atoms with van der Waals surface area (Å²) in [5.41, 5.74) is 5.86. The normalized spacial score (nSPS) is 16.3. The number of amides is 1. The van der Waals surface area contributed by atoms with E-state index in [9.17, 15) is 14.7 Å². The number of pyridine rings is 1. The number of aromatic carboxylic acids is 1. The standard InChI is InChI=1S/C35H35N3O5/c1-22-7-14-31(43-22)29-13-9-24-19-25(10-12-28(24)36-29)34-33(23-5-3-2-4-6-23)27-11-8-26(35(40)41)20-30(27)38(34)21-32(39)37-15-17-42-18-16-37/h7-14,19-20,23H,2-6,15-18,21H2,1H3,(H,40,41). The average molecular weight is 578 g/mol. The van der Waals surface area contributed by atoms with Crippen molar-refractivity contribution in [2.45, 2.75) is 51.5 Å². The van der Waals surface area contributed by atoms with E-state index in [0.717, 1.165) is 76.0 Å². The number of hydrogen-bond acceptors (Lipinski definition) is 5. The number of nitrogens with zero attached hydrogens (tertiary/aromatic N) is 3. The smallest absolute Gasteiger partial charge is 0.335 e. The number of carboxylic acids is 1. The van der Waals surface area contributed by atoms with Gasteiger partial charge in [-0.2, -0.15) is 0 Å². The van der Waals surface area contributed by atoms with Crippen molar-refractivity contribution in [3.63, 3.8) is 0 Å². The molecule has 8 heteroatoms. The predicted octanol–water partition coefficient (Wildman–Crippen LogP) is 7.03. The van der Waals surface area contributed by atoms with Gasteiger partial charge < -0.3 is 23.7 Å². The molecule has 1 saturated heterocycles. The second kappa shape index (κ2) is 11.3. The number of rotatable bonds is 6. The Kier molecular flexibility index (Phi) is 7.23. The molecule has 0 atom stereocenters. The van der Waals surface area contributed by atoms with E-state index in [-0.39, 0.29) is 18.0 Å². The molecular weight excluding hydrogens is 542 g/mol. The molecule has 1 aliphatic heterocycles. The summed E-state index contributed by atoms with van der Waals surface area (Å²) in [4.78, 5) is 32.5. The highest BCUT2D eigenvalue weighted by atomic mass is 16.5. The van der Waals surface area contributed by atoms with Gasteiger partial charge in [-0.3, -0.25) is 4.79 Å². The minimum atomic E-state index is -0.978. The van der Waals surface area contributed by atoms with Gasteiger partial charge in [0.1, 0.15) is 18.0 Å². The number of benzene rings is 2. The van der Waals surface area contributed by atoms with Crippen molar-refractivity contribution >= 4 is 33.7 Å². The summed E-state index contributed by atoms with van der Waals surface area (Å²) in [6, 6.07) is 19.5. The molecule has 0 unspecified atom stereocenters. The summed E-state index contributed by atoms with van der Waals surface area (Å²) in [5.74, 6) is 0.944. The van der Waals surface area contributed by atoms with E-state index in [1.165, 1.54) is 12.0 Å². The van der Waals surface area contributed by atoms with Gasteiger partial charge in [0.15, 0.2) is 5.76 Å². The zero-order valence-corrected chi connectivity index (χ0v) is 24.3. The van der Waals surface area contributed by atoms with E-state index in [1.807, 2.05) is 42.2 Å². The second-order valence-electron chi connectivity index (χ2n) is 11.7. The number of aryl methyl sites for hydroxylation is 1. The van der Waals surface area contributed by atoms with Crippen LogP contribution in [0.5, 0.6) is 0 Å². The van der Waals surface area contributed by atoms with E-state index < -0.39 is 5.97 Å². The Morgan fingerprint density at radius 1 is 0.953 bits per heavy atom. The molecule has 3 aromatic heterocycles. The third-order valence-corrected chi connectivity index (χ3v) is 8.98. The van der Waals surface area contributed by atoms with Crippen LogP contribution in [-0.2, 0) is 16.1 Å². The molecule has 0 spiro atoms. The van der Waals surface area contributed by atoms with Gasteiger partial charge in [-0.1, -0.05) is 37.5 Å². The van der Waals surface area contributed by atoms with Gasteiger partial charge in [0, 0.05) is 23.9 Å². The molecule has 2 aliphatic rings. The fourth-order valence-electron chi connectivity index (χ4n) is 6.82. The highest BCUT2D eigenvalue weighted by molar-refractivity contribution is 6.00. The van der Waals surface area contributed by atoms with Crippen LogP contribution >= 0.6 is 0 Å². The fraction of sp³-hybridized carbons (Fsp3) is 0.343. The fourth-order valence-corrected chi connectivity index (χ4v) is 6.82. The van der Waals surface area contributed by atoms with Crippen molar-refractivity contribution in [3.8, 4) is 22.7 Å². The van der Waals surface area contributed by atoms with Crippen molar-refractivity contribution in [1.29, 1.82) is 0 Å². The van der Waals surface area contributed by atoms with Crippen molar-refractivity contribution in [1.82, 2.24) is 14.5 Å². The van der Waals surface area contributed by atoms with Gasteiger partial charge in [0.2, 0.25) is 5.91 Å². The molecule has 220 valence electrons. The third-order valence-electron chi connectivity index (χ3n) is 8.98. The first-order valence-corrected chi connectivity index (χ1v) is 15.2. The minimum Gasteiger partial charge on any atom is -0.478 e. The maximum Gasteiger partial charge on any atom is 0.335 e. The van der Waals surface area contributed by atoms with E-state index in [4.69, 9.17) is 14.1 Å². The molecule has 0 radical (unpaired) electrons. The van der Waals surface area contributed by atoms with Gasteiger partial charge in [-0.25, -0.2) is 9.78 Å². The average Bonchev–Trinajstić information content (AvgIpc) is 3.62. The lowest BCUT2D eigenvalue weighted by atomic mass is 9.81. The summed E-state index contributed by atoms with van der Waals surface area (Å²) in [6.45, 7) is 4.22. The van der Waals surface area contributed by atoms with Gasteiger partial charge >= 0.3 is 5.97 Å². The summed E-state index contributed by atoms with van der Waals surface area (Å²) >= 11 is 0. The molecule has 1 amide bonds. The summed E-state index contributed by atoms with van der Waals surface area (Å²) in [5, 5.41) is 11.9. The molecule has 1 aliphatic carbocycles. The van der Waals surface area contributed by atoms with Crippen molar-refractivity contribution < 1.29 is 23.8 Å². The third kappa shape index (κ3) is 5.20. The summed E-state index contributed by atoms with van der Waals surface area (Å²) < 4.78 is 13.4. The first-order valence-electron chi connectivity index (χ1n) is 15.2. The molecule has 8 nitrogen and oxygen atoms in total. The first kappa shape index (κ1) is 27.4. The lowest BCUT2D eigenvalue weighted by Crippen LogP contribution is -2.42. The molecule has 4 heterocycles. The highest BCUT2D eigenvalue weighted by Crippen LogP contribution is 2.45. The molecule has 7 rings (SSSR count). The number of carbonyl (C=O) groups excluding carboxylic acids is 1. The second-order valence-corrected chi connectivity index (χ2v) is 11.7. The van der Waals surface area contributed by atoms with Gasteiger partial charge in [0.05, 0.1) is 35.5 Å². The van der Waals surface area contributed by atoms with E-state index in [2.05, 4.69) is 22.8 Å².